The molecule has 0 aliphatic carbocycles. The zero-order valence-electron chi connectivity index (χ0n) is 9.71. The highest BCUT2D eigenvalue weighted by Gasteiger charge is 2.17. The third kappa shape index (κ3) is 3.85. The first kappa shape index (κ1) is 13.6. The molecule has 1 amide bonds. The number of morpholine rings is 1. The quantitative estimate of drug-likeness (QED) is 0.897. The van der Waals surface area contributed by atoms with Gasteiger partial charge in [-0.05, 0) is 18.2 Å². The lowest BCUT2D eigenvalue weighted by molar-refractivity contribution is -0.119. The number of carbonyl (C=O) groups excluding carboxylic acids is 1. The normalized spacial score (nSPS) is 19.6. The van der Waals surface area contributed by atoms with Crippen molar-refractivity contribution >= 4 is 34.8 Å². The van der Waals surface area contributed by atoms with Gasteiger partial charge in [0, 0.05) is 18.8 Å². The number of amides is 1. The summed E-state index contributed by atoms with van der Waals surface area (Å²) < 4.78 is 5.46. The van der Waals surface area contributed by atoms with Crippen LogP contribution < -0.4 is 10.6 Å². The van der Waals surface area contributed by atoms with E-state index in [2.05, 4.69) is 10.6 Å². The molecule has 0 spiro atoms. The van der Waals surface area contributed by atoms with E-state index in [1.807, 2.05) is 0 Å². The minimum absolute atomic E-state index is 0.0680. The Morgan fingerprint density at radius 1 is 1.44 bits per heavy atom. The van der Waals surface area contributed by atoms with Crippen LogP contribution in [-0.2, 0) is 9.53 Å². The van der Waals surface area contributed by atoms with E-state index in [1.165, 1.54) is 0 Å². The van der Waals surface area contributed by atoms with Crippen LogP contribution in [0.1, 0.15) is 6.42 Å². The molecule has 2 rings (SSSR count). The number of hydrogen-bond acceptors (Lipinski definition) is 3. The number of benzene rings is 1. The van der Waals surface area contributed by atoms with E-state index in [9.17, 15) is 4.79 Å². The fraction of sp³-hybridized carbons (Fsp3) is 0.417. The van der Waals surface area contributed by atoms with Crippen LogP contribution in [0.5, 0.6) is 0 Å². The number of anilines is 1. The van der Waals surface area contributed by atoms with Crippen molar-refractivity contribution in [2.75, 3.05) is 25.0 Å². The maximum Gasteiger partial charge on any atom is 0.227 e. The molecule has 2 N–H and O–H groups in total. The fourth-order valence-corrected chi connectivity index (χ4v) is 2.04. The van der Waals surface area contributed by atoms with E-state index in [0.717, 1.165) is 6.54 Å². The van der Waals surface area contributed by atoms with Crippen LogP contribution >= 0.6 is 23.2 Å². The number of nitrogens with one attached hydrogen (secondary N) is 2. The second kappa shape index (κ2) is 6.38. The Morgan fingerprint density at radius 3 is 2.94 bits per heavy atom. The molecule has 1 saturated heterocycles. The van der Waals surface area contributed by atoms with Gasteiger partial charge >= 0.3 is 0 Å². The van der Waals surface area contributed by atoms with Gasteiger partial charge in [-0.15, -0.1) is 0 Å². The second-order valence-corrected chi connectivity index (χ2v) is 4.89. The summed E-state index contributed by atoms with van der Waals surface area (Å²) in [6.45, 7) is 2.18. The fourth-order valence-electron chi connectivity index (χ4n) is 1.74. The molecule has 0 radical (unpaired) electrons. The van der Waals surface area contributed by atoms with Crippen LogP contribution in [-0.4, -0.2) is 31.7 Å². The van der Waals surface area contributed by atoms with Gasteiger partial charge in [-0.3, -0.25) is 4.79 Å². The topological polar surface area (TPSA) is 50.4 Å². The molecule has 1 unspecified atom stereocenters. The number of ether oxygens (including phenoxy) is 1. The summed E-state index contributed by atoms with van der Waals surface area (Å²) in [7, 11) is 0. The SMILES string of the molecule is O=C(CC1CNCCO1)Nc1ccc(Cl)c(Cl)c1. The largest absolute Gasteiger partial charge is 0.375 e. The molecule has 1 atom stereocenters. The molecule has 4 nitrogen and oxygen atoms in total. The van der Waals surface area contributed by atoms with Crippen LogP contribution in [0.3, 0.4) is 0 Å². The van der Waals surface area contributed by atoms with Gasteiger partial charge in [0.25, 0.3) is 0 Å². The molecule has 6 heteroatoms. The highest BCUT2D eigenvalue weighted by atomic mass is 35.5. The first-order valence-electron chi connectivity index (χ1n) is 5.72. The number of rotatable bonds is 3. The highest BCUT2D eigenvalue weighted by molar-refractivity contribution is 6.42. The molecular weight excluding hydrogens is 275 g/mol. The Kier molecular flexibility index (Phi) is 4.83. The van der Waals surface area contributed by atoms with E-state index in [0.29, 0.717) is 35.3 Å². The monoisotopic (exact) mass is 288 g/mol. The van der Waals surface area contributed by atoms with Crippen LogP contribution in [0, 0.1) is 0 Å². The molecule has 1 aromatic carbocycles. The van der Waals surface area contributed by atoms with Gasteiger partial charge in [-0.25, -0.2) is 0 Å². The smallest absolute Gasteiger partial charge is 0.227 e. The minimum atomic E-state index is -0.0953. The van der Waals surface area contributed by atoms with Crippen molar-refractivity contribution in [3.8, 4) is 0 Å². The number of halogens is 2. The molecule has 98 valence electrons. The molecule has 1 aliphatic heterocycles. The zero-order chi connectivity index (χ0) is 13.0. The van der Waals surface area contributed by atoms with Crippen molar-refractivity contribution in [3.63, 3.8) is 0 Å². The van der Waals surface area contributed by atoms with Gasteiger partial charge in [-0.1, -0.05) is 23.2 Å². The molecule has 1 fully saturated rings. The second-order valence-electron chi connectivity index (χ2n) is 4.08. The Morgan fingerprint density at radius 2 is 2.28 bits per heavy atom. The van der Waals surface area contributed by atoms with E-state index in [1.54, 1.807) is 18.2 Å². The van der Waals surface area contributed by atoms with Gasteiger partial charge in [0.05, 0.1) is 29.2 Å². The maximum absolute atomic E-state index is 11.8. The average molecular weight is 289 g/mol. The van der Waals surface area contributed by atoms with Gasteiger partial charge in [0.2, 0.25) is 5.91 Å². The van der Waals surface area contributed by atoms with Gasteiger partial charge in [-0.2, -0.15) is 0 Å². The molecule has 1 heterocycles. The molecule has 0 saturated carbocycles. The Hall–Kier alpha value is -0.810. The number of hydrogen-bond donors (Lipinski definition) is 2. The van der Waals surface area contributed by atoms with E-state index < -0.39 is 0 Å². The Bertz CT molecular complexity index is 434. The van der Waals surface area contributed by atoms with Crippen molar-refractivity contribution in [2.24, 2.45) is 0 Å². The Balaban J connectivity index is 1.88. The third-order valence-corrected chi connectivity index (χ3v) is 3.36. The van der Waals surface area contributed by atoms with Crippen LogP contribution in [0.25, 0.3) is 0 Å². The highest BCUT2D eigenvalue weighted by Crippen LogP contribution is 2.25. The van der Waals surface area contributed by atoms with Crippen molar-refractivity contribution in [2.45, 2.75) is 12.5 Å². The first-order valence-corrected chi connectivity index (χ1v) is 6.48. The lowest BCUT2D eigenvalue weighted by atomic mass is 10.2. The third-order valence-electron chi connectivity index (χ3n) is 2.62. The van der Waals surface area contributed by atoms with E-state index in [-0.39, 0.29) is 12.0 Å². The van der Waals surface area contributed by atoms with Crippen molar-refractivity contribution < 1.29 is 9.53 Å². The molecular formula is C12H14Cl2N2O2. The van der Waals surface area contributed by atoms with Gasteiger partial charge < -0.3 is 15.4 Å². The molecule has 1 aliphatic rings. The standard InChI is InChI=1S/C12H14Cl2N2O2/c13-10-2-1-8(5-11(10)14)16-12(17)6-9-7-15-3-4-18-9/h1-2,5,9,15H,3-4,6-7H2,(H,16,17). The summed E-state index contributed by atoms with van der Waals surface area (Å²) in [5.41, 5.74) is 0.637. The Labute approximate surface area is 116 Å². The first-order chi connectivity index (χ1) is 8.65. The summed E-state index contributed by atoms with van der Waals surface area (Å²) in [4.78, 5) is 11.8. The van der Waals surface area contributed by atoms with Gasteiger partial charge in [0.15, 0.2) is 0 Å². The van der Waals surface area contributed by atoms with E-state index >= 15 is 0 Å². The lowest BCUT2D eigenvalue weighted by Gasteiger charge is -2.23. The lowest BCUT2D eigenvalue weighted by Crippen LogP contribution is -2.40. The summed E-state index contributed by atoms with van der Waals surface area (Å²) in [5, 5.41) is 6.83. The van der Waals surface area contributed by atoms with Crippen molar-refractivity contribution in [1.82, 2.24) is 5.32 Å². The van der Waals surface area contributed by atoms with Gasteiger partial charge in [0.1, 0.15) is 0 Å². The van der Waals surface area contributed by atoms with Crippen molar-refractivity contribution in [1.29, 1.82) is 0 Å². The summed E-state index contributed by atoms with van der Waals surface area (Å²) >= 11 is 11.7. The number of carbonyl (C=O) groups is 1. The minimum Gasteiger partial charge on any atom is -0.375 e. The predicted octanol–water partition coefficient (Wildman–Crippen LogP) is 2.31. The van der Waals surface area contributed by atoms with Crippen molar-refractivity contribution in [3.05, 3.63) is 28.2 Å². The molecule has 0 bridgehead atoms. The maximum atomic E-state index is 11.8. The molecule has 1 aromatic rings. The van der Waals surface area contributed by atoms with Crippen LogP contribution in [0.15, 0.2) is 18.2 Å². The summed E-state index contributed by atoms with van der Waals surface area (Å²) in [6.07, 6.45) is 0.259. The predicted molar refractivity (Wildman–Crippen MR) is 72.3 cm³/mol. The molecule has 0 aromatic heterocycles. The summed E-state index contributed by atoms with van der Waals surface area (Å²) in [5.74, 6) is -0.0953. The van der Waals surface area contributed by atoms with Crippen LogP contribution in [0.4, 0.5) is 5.69 Å². The average Bonchev–Trinajstić information content (AvgIpc) is 2.35. The molecule has 18 heavy (non-hydrogen) atoms. The zero-order valence-corrected chi connectivity index (χ0v) is 11.2. The van der Waals surface area contributed by atoms with Crippen LogP contribution in [0.2, 0.25) is 10.0 Å². The summed E-state index contributed by atoms with van der Waals surface area (Å²) in [6, 6.07) is 4.99. The van der Waals surface area contributed by atoms with E-state index in [4.69, 9.17) is 27.9 Å².